The molecule has 1 atom stereocenters. The maximum atomic E-state index is 10.9. The second kappa shape index (κ2) is 4.98. The summed E-state index contributed by atoms with van der Waals surface area (Å²) in [5.41, 5.74) is 1.04. The van der Waals surface area contributed by atoms with Crippen LogP contribution in [0.1, 0.15) is 24.7 Å². The summed E-state index contributed by atoms with van der Waals surface area (Å²) in [4.78, 5) is 12.7. The largest absolute Gasteiger partial charge is 0.480 e. The van der Waals surface area contributed by atoms with Gasteiger partial charge in [0.1, 0.15) is 11.8 Å². The average Bonchev–Trinajstić information content (AvgIpc) is 2.52. The number of aliphatic carboxylic acids is 1. The van der Waals surface area contributed by atoms with E-state index in [1.165, 1.54) is 0 Å². The highest BCUT2D eigenvalue weighted by Crippen LogP contribution is 2.13. The third-order valence-corrected chi connectivity index (χ3v) is 2.59. The van der Waals surface area contributed by atoms with Gasteiger partial charge in [0.05, 0.1) is 6.26 Å². The first-order chi connectivity index (χ1) is 7.06. The van der Waals surface area contributed by atoms with E-state index in [9.17, 15) is 4.79 Å². The molecule has 1 aromatic rings. The van der Waals surface area contributed by atoms with Gasteiger partial charge in [0.25, 0.3) is 0 Å². The molecule has 0 aliphatic rings. The molecular weight excluding hydrogens is 194 g/mol. The van der Waals surface area contributed by atoms with Crippen LogP contribution in [0.3, 0.4) is 0 Å². The summed E-state index contributed by atoms with van der Waals surface area (Å²) in [6.45, 7) is 4.36. The first kappa shape index (κ1) is 11.8. The van der Waals surface area contributed by atoms with Crippen molar-refractivity contribution < 1.29 is 14.3 Å². The maximum Gasteiger partial charge on any atom is 0.320 e. The summed E-state index contributed by atoms with van der Waals surface area (Å²) in [6.07, 6.45) is 2.23. The van der Waals surface area contributed by atoms with Crippen LogP contribution in [0.5, 0.6) is 0 Å². The van der Waals surface area contributed by atoms with Crippen molar-refractivity contribution in [1.82, 2.24) is 4.90 Å². The van der Waals surface area contributed by atoms with E-state index in [2.05, 4.69) is 0 Å². The van der Waals surface area contributed by atoms with Gasteiger partial charge in [0.15, 0.2) is 0 Å². The summed E-state index contributed by atoms with van der Waals surface area (Å²) in [6, 6.07) is 1.44. The minimum Gasteiger partial charge on any atom is -0.480 e. The van der Waals surface area contributed by atoms with Crippen molar-refractivity contribution >= 4 is 5.97 Å². The van der Waals surface area contributed by atoms with Crippen LogP contribution < -0.4 is 0 Å². The van der Waals surface area contributed by atoms with Crippen LogP contribution >= 0.6 is 0 Å². The van der Waals surface area contributed by atoms with Gasteiger partial charge in [-0.15, -0.1) is 0 Å². The molecule has 0 amide bonds. The number of nitrogens with zero attached hydrogens (tertiary/aromatic N) is 1. The standard InChI is InChI=1S/C11H17NO3/c1-4-10(11(13)14)12(3)7-9-5-6-15-8(9)2/h5-6,10H,4,7H2,1-3H3,(H,13,14). The van der Waals surface area contributed by atoms with E-state index in [1.54, 1.807) is 6.26 Å². The molecule has 0 saturated heterocycles. The Hall–Kier alpha value is -1.29. The minimum atomic E-state index is -0.777. The van der Waals surface area contributed by atoms with Crippen LogP contribution in [0.4, 0.5) is 0 Å². The Labute approximate surface area is 89.5 Å². The quantitative estimate of drug-likeness (QED) is 0.808. The Kier molecular flexibility index (Phi) is 3.91. The van der Waals surface area contributed by atoms with Gasteiger partial charge in [-0.05, 0) is 26.5 Å². The van der Waals surface area contributed by atoms with Gasteiger partial charge < -0.3 is 9.52 Å². The number of aryl methyl sites for hydroxylation is 1. The molecule has 0 spiro atoms. The SMILES string of the molecule is CCC(C(=O)O)N(C)Cc1ccoc1C. The Morgan fingerprint density at radius 1 is 1.67 bits per heavy atom. The highest BCUT2D eigenvalue weighted by molar-refractivity contribution is 5.73. The molecule has 0 aromatic carbocycles. The molecule has 1 rings (SSSR count). The number of hydrogen-bond donors (Lipinski definition) is 1. The number of carboxylic acids is 1. The Bertz CT molecular complexity index is 332. The van der Waals surface area contributed by atoms with Gasteiger partial charge in [-0.2, -0.15) is 0 Å². The first-order valence-corrected chi connectivity index (χ1v) is 5.02. The number of furan rings is 1. The third kappa shape index (κ3) is 2.83. The number of hydrogen-bond acceptors (Lipinski definition) is 3. The Balaban J connectivity index is 2.66. The Morgan fingerprint density at radius 3 is 2.73 bits per heavy atom. The maximum absolute atomic E-state index is 10.9. The van der Waals surface area contributed by atoms with Crippen molar-refractivity contribution in [3.8, 4) is 0 Å². The van der Waals surface area contributed by atoms with Gasteiger partial charge in [-0.3, -0.25) is 9.69 Å². The van der Waals surface area contributed by atoms with Crippen molar-refractivity contribution in [2.45, 2.75) is 32.9 Å². The predicted octanol–water partition coefficient (Wildman–Crippen LogP) is 1.88. The third-order valence-electron chi connectivity index (χ3n) is 2.59. The minimum absolute atomic E-state index is 0.431. The lowest BCUT2D eigenvalue weighted by molar-refractivity contribution is -0.143. The summed E-state index contributed by atoms with van der Waals surface area (Å²) in [7, 11) is 1.81. The van der Waals surface area contributed by atoms with Crippen molar-refractivity contribution in [2.75, 3.05) is 7.05 Å². The van der Waals surface area contributed by atoms with E-state index in [0.29, 0.717) is 13.0 Å². The van der Waals surface area contributed by atoms with Gasteiger partial charge in [-0.1, -0.05) is 6.92 Å². The summed E-state index contributed by atoms with van der Waals surface area (Å²) < 4.78 is 5.17. The van der Waals surface area contributed by atoms with E-state index in [4.69, 9.17) is 9.52 Å². The molecule has 0 fully saturated rings. The fourth-order valence-corrected chi connectivity index (χ4v) is 1.63. The molecule has 0 aliphatic carbocycles. The molecule has 1 aromatic heterocycles. The molecule has 0 saturated carbocycles. The second-order valence-corrected chi connectivity index (χ2v) is 3.68. The molecule has 0 aliphatic heterocycles. The number of carbonyl (C=O) groups is 1. The summed E-state index contributed by atoms with van der Waals surface area (Å²) in [5, 5.41) is 8.98. The molecule has 0 bridgehead atoms. The number of likely N-dealkylation sites (N-methyl/N-ethyl adjacent to an activating group) is 1. The molecular formula is C11H17NO3. The zero-order chi connectivity index (χ0) is 11.4. The summed E-state index contributed by atoms with van der Waals surface area (Å²) in [5.74, 6) is 0.0724. The van der Waals surface area contributed by atoms with E-state index in [-0.39, 0.29) is 0 Å². The van der Waals surface area contributed by atoms with Crippen LogP contribution in [-0.4, -0.2) is 29.1 Å². The molecule has 1 N–H and O–H groups in total. The van der Waals surface area contributed by atoms with Gasteiger partial charge in [0, 0.05) is 12.1 Å². The molecule has 1 unspecified atom stereocenters. The lowest BCUT2D eigenvalue weighted by Gasteiger charge is -2.22. The normalized spacial score (nSPS) is 13.1. The van der Waals surface area contributed by atoms with E-state index in [1.807, 2.05) is 31.9 Å². The van der Waals surface area contributed by atoms with Crippen LogP contribution in [0, 0.1) is 6.92 Å². The predicted molar refractivity (Wildman–Crippen MR) is 56.6 cm³/mol. The highest BCUT2D eigenvalue weighted by Gasteiger charge is 2.21. The lowest BCUT2D eigenvalue weighted by atomic mass is 10.1. The van der Waals surface area contributed by atoms with E-state index < -0.39 is 12.0 Å². The van der Waals surface area contributed by atoms with Gasteiger partial charge in [-0.25, -0.2) is 0 Å². The molecule has 84 valence electrons. The molecule has 0 radical (unpaired) electrons. The zero-order valence-corrected chi connectivity index (χ0v) is 9.36. The Morgan fingerprint density at radius 2 is 2.33 bits per heavy atom. The fraction of sp³-hybridized carbons (Fsp3) is 0.545. The lowest BCUT2D eigenvalue weighted by Crippen LogP contribution is -2.37. The van der Waals surface area contributed by atoms with Crippen molar-refractivity contribution in [2.24, 2.45) is 0 Å². The molecule has 4 heteroatoms. The van der Waals surface area contributed by atoms with Crippen LogP contribution in [0.15, 0.2) is 16.7 Å². The topological polar surface area (TPSA) is 53.7 Å². The highest BCUT2D eigenvalue weighted by atomic mass is 16.4. The van der Waals surface area contributed by atoms with Crippen molar-refractivity contribution in [1.29, 1.82) is 0 Å². The van der Waals surface area contributed by atoms with Crippen molar-refractivity contribution in [3.63, 3.8) is 0 Å². The monoisotopic (exact) mass is 211 g/mol. The molecule has 4 nitrogen and oxygen atoms in total. The van der Waals surface area contributed by atoms with E-state index in [0.717, 1.165) is 11.3 Å². The van der Waals surface area contributed by atoms with Crippen molar-refractivity contribution in [3.05, 3.63) is 23.7 Å². The van der Waals surface area contributed by atoms with Gasteiger partial charge in [0.2, 0.25) is 0 Å². The van der Waals surface area contributed by atoms with Gasteiger partial charge >= 0.3 is 5.97 Å². The molecule has 1 heterocycles. The fourth-order valence-electron chi connectivity index (χ4n) is 1.63. The number of carboxylic acid groups (broad SMARTS) is 1. The summed E-state index contributed by atoms with van der Waals surface area (Å²) >= 11 is 0. The second-order valence-electron chi connectivity index (χ2n) is 3.68. The zero-order valence-electron chi connectivity index (χ0n) is 9.36. The van der Waals surface area contributed by atoms with Crippen LogP contribution in [-0.2, 0) is 11.3 Å². The van der Waals surface area contributed by atoms with Crippen LogP contribution in [0.25, 0.3) is 0 Å². The van der Waals surface area contributed by atoms with Crippen LogP contribution in [0.2, 0.25) is 0 Å². The average molecular weight is 211 g/mol. The number of rotatable bonds is 5. The molecule has 15 heavy (non-hydrogen) atoms. The first-order valence-electron chi connectivity index (χ1n) is 5.02. The smallest absolute Gasteiger partial charge is 0.320 e. The van der Waals surface area contributed by atoms with E-state index >= 15 is 0 Å².